The highest BCUT2D eigenvalue weighted by Crippen LogP contribution is 2.37. The number of fused-ring (bicyclic) bond motifs is 1. The highest BCUT2D eigenvalue weighted by Gasteiger charge is 2.38. The van der Waals surface area contributed by atoms with Crippen LogP contribution in [0.5, 0.6) is 0 Å². The van der Waals surface area contributed by atoms with Crippen molar-refractivity contribution in [3.8, 4) is 5.69 Å². The lowest BCUT2D eigenvalue weighted by Crippen LogP contribution is -2.32. The van der Waals surface area contributed by atoms with Gasteiger partial charge < -0.3 is 4.90 Å². The smallest absolute Gasteiger partial charge is 0.274 e. The second kappa shape index (κ2) is 5.65. The molecule has 1 aliphatic carbocycles. The molecule has 2 atom stereocenters. The van der Waals surface area contributed by atoms with E-state index < -0.39 is 0 Å². The number of carbonyl (C=O) groups excluding carboxylic acids is 1. The van der Waals surface area contributed by atoms with Gasteiger partial charge in [-0.25, -0.2) is 0 Å². The van der Waals surface area contributed by atoms with Crippen molar-refractivity contribution in [2.24, 2.45) is 11.8 Å². The van der Waals surface area contributed by atoms with Crippen LogP contribution in [0.15, 0.2) is 47.3 Å². The summed E-state index contributed by atoms with van der Waals surface area (Å²) in [5.74, 6) is 1.24. The number of para-hydroxylation sites is 1. The minimum Gasteiger partial charge on any atom is -0.337 e. The topological polar surface area (TPSA) is 55.2 Å². The Morgan fingerprint density at radius 1 is 1.00 bits per heavy atom. The van der Waals surface area contributed by atoms with E-state index in [9.17, 15) is 9.59 Å². The number of hydrogen-bond donors (Lipinski definition) is 0. The summed E-state index contributed by atoms with van der Waals surface area (Å²) in [4.78, 5) is 26.7. The number of nitrogens with zero attached hydrogens (tertiary/aromatic N) is 3. The SMILES string of the molecule is O=C(c1ccc(=O)n(-c2ccccc2)n1)N1CC2CCCC2C1. The molecule has 0 bridgehead atoms. The highest BCUT2D eigenvalue weighted by atomic mass is 16.2. The van der Waals surface area contributed by atoms with Gasteiger partial charge in [-0.1, -0.05) is 24.6 Å². The van der Waals surface area contributed by atoms with Crippen molar-refractivity contribution < 1.29 is 4.79 Å². The summed E-state index contributed by atoms with van der Waals surface area (Å²) in [6.07, 6.45) is 3.74. The van der Waals surface area contributed by atoms with E-state index in [1.165, 1.54) is 36.1 Å². The Morgan fingerprint density at radius 3 is 2.39 bits per heavy atom. The molecular weight excluding hydrogens is 290 g/mol. The first kappa shape index (κ1) is 14.2. The molecule has 4 rings (SSSR count). The maximum Gasteiger partial charge on any atom is 0.274 e. The first-order valence-corrected chi connectivity index (χ1v) is 8.17. The van der Waals surface area contributed by atoms with E-state index in [1.54, 1.807) is 0 Å². The van der Waals surface area contributed by atoms with E-state index in [1.807, 2.05) is 35.2 Å². The Morgan fingerprint density at radius 2 is 1.70 bits per heavy atom. The summed E-state index contributed by atoms with van der Waals surface area (Å²) in [6, 6.07) is 12.2. The van der Waals surface area contributed by atoms with Crippen molar-refractivity contribution in [1.82, 2.24) is 14.7 Å². The summed E-state index contributed by atoms with van der Waals surface area (Å²) in [6.45, 7) is 1.66. The van der Waals surface area contributed by atoms with Gasteiger partial charge in [0.2, 0.25) is 0 Å². The van der Waals surface area contributed by atoms with Crippen molar-refractivity contribution >= 4 is 5.91 Å². The zero-order valence-electron chi connectivity index (χ0n) is 12.9. The van der Waals surface area contributed by atoms with Crippen molar-refractivity contribution in [3.05, 3.63) is 58.5 Å². The zero-order valence-corrected chi connectivity index (χ0v) is 12.9. The predicted molar refractivity (Wildman–Crippen MR) is 86.6 cm³/mol. The van der Waals surface area contributed by atoms with Crippen LogP contribution in [-0.4, -0.2) is 33.7 Å². The van der Waals surface area contributed by atoms with E-state index in [-0.39, 0.29) is 11.5 Å². The summed E-state index contributed by atoms with van der Waals surface area (Å²) in [5, 5.41) is 4.29. The van der Waals surface area contributed by atoms with Gasteiger partial charge >= 0.3 is 0 Å². The maximum atomic E-state index is 12.7. The molecule has 1 saturated carbocycles. The van der Waals surface area contributed by atoms with Crippen molar-refractivity contribution in [1.29, 1.82) is 0 Å². The fourth-order valence-corrected chi connectivity index (χ4v) is 3.84. The van der Waals surface area contributed by atoms with E-state index in [0.717, 1.165) is 13.1 Å². The Kier molecular flexibility index (Phi) is 3.48. The molecule has 5 nitrogen and oxygen atoms in total. The van der Waals surface area contributed by atoms with Gasteiger partial charge in [-0.2, -0.15) is 9.78 Å². The first-order chi connectivity index (χ1) is 11.2. The number of benzene rings is 1. The van der Waals surface area contributed by atoms with Crippen LogP contribution >= 0.6 is 0 Å². The maximum absolute atomic E-state index is 12.7. The van der Waals surface area contributed by atoms with E-state index >= 15 is 0 Å². The third kappa shape index (κ3) is 2.56. The summed E-state index contributed by atoms with van der Waals surface area (Å²) >= 11 is 0. The van der Waals surface area contributed by atoms with Gasteiger partial charge in [0, 0.05) is 19.2 Å². The van der Waals surface area contributed by atoms with Gasteiger partial charge in [-0.05, 0) is 42.9 Å². The number of aromatic nitrogens is 2. The van der Waals surface area contributed by atoms with Crippen molar-refractivity contribution in [2.75, 3.05) is 13.1 Å². The molecular formula is C18H19N3O2. The molecule has 1 aromatic heterocycles. The zero-order chi connectivity index (χ0) is 15.8. The molecule has 1 amide bonds. The van der Waals surface area contributed by atoms with Crippen LogP contribution in [0.25, 0.3) is 5.69 Å². The van der Waals surface area contributed by atoms with Gasteiger partial charge in [0.25, 0.3) is 11.5 Å². The average molecular weight is 309 g/mol. The second-order valence-corrected chi connectivity index (χ2v) is 6.47. The van der Waals surface area contributed by atoms with Gasteiger partial charge in [0.1, 0.15) is 5.69 Å². The Labute approximate surface area is 134 Å². The molecule has 5 heteroatoms. The molecule has 118 valence electrons. The lowest BCUT2D eigenvalue weighted by molar-refractivity contribution is 0.0772. The number of hydrogen-bond acceptors (Lipinski definition) is 3. The first-order valence-electron chi connectivity index (χ1n) is 8.17. The molecule has 1 aliphatic heterocycles. The molecule has 2 aliphatic rings. The Hall–Kier alpha value is -2.43. The van der Waals surface area contributed by atoms with E-state index in [0.29, 0.717) is 23.2 Å². The molecule has 2 fully saturated rings. The lowest BCUT2D eigenvalue weighted by atomic mass is 10.0. The lowest BCUT2D eigenvalue weighted by Gasteiger charge is -2.17. The number of rotatable bonds is 2. The van der Waals surface area contributed by atoms with Gasteiger partial charge in [-0.3, -0.25) is 9.59 Å². The predicted octanol–water partition coefficient (Wildman–Crippen LogP) is 2.10. The van der Waals surface area contributed by atoms with Gasteiger partial charge in [0.15, 0.2) is 0 Å². The second-order valence-electron chi connectivity index (χ2n) is 6.47. The van der Waals surface area contributed by atoms with Crippen LogP contribution in [-0.2, 0) is 0 Å². The van der Waals surface area contributed by atoms with E-state index in [4.69, 9.17) is 0 Å². The van der Waals surface area contributed by atoms with E-state index in [2.05, 4.69) is 5.10 Å². The molecule has 2 unspecified atom stereocenters. The number of carbonyl (C=O) groups is 1. The molecule has 2 heterocycles. The third-order valence-electron chi connectivity index (χ3n) is 5.03. The normalized spacial score (nSPS) is 23.0. The molecule has 23 heavy (non-hydrogen) atoms. The third-order valence-corrected chi connectivity index (χ3v) is 5.03. The average Bonchev–Trinajstić information content (AvgIpc) is 3.17. The van der Waals surface area contributed by atoms with Crippen LogP contribution in [0.2, 0.25) is 0 Å². The van der Waals surface area contributed by atoms with Crippen LogP contribution < -0.4 is 5.56 Å². The summed E-state index contributed by atoms with van der Waals surface area (Å²) in [7, 11) is 0. The summed E-state index contributed by atoms with van der Waals surface area (Å²) < 4.78 is 1.30. The van der Waals surface area contributed by atoms with Crippen molar-refractivity contribution in [2.45, 2.75) is 19.3 Å². The van der Waals surface area contributed by atoms with Gasteiger partial charge in [0.05, 0.1) is 5.69 Å². The fraction of sp³-hybridized carbons (Fsp3) is 0.389. The molecule has 0 N–H and O–H groups in total. The quantitative estimate of drug-likeness (QED) is 0.853. The largest absolute Gasteiger partial charge is 0.337 e. The van der Waals surface area contributed by atoms with Gasteiger partial charge in [-0.15, -0.1) is 0 Å². The molecule has 1 aromatic carbocycles. The number of amides is 1. The summed E-state index contributed by atoms with van der Waals surface area (Å²) in [5.41, 5.74) is 0.782. The molecule has 2 aromatic rings. The van der Waals surface area contributed by atoms with Crippen LogP contribution in [0.4, 0.5) is 0 Å². The van der Waals surface area contributed by atoms with Crippen LogP contribution in [0.3, 0.4) is 0 Å². The standard InChI is InChI=1S/C18H19N3O2/c22-17-10-9-16(19-21(17)15-7-2-1-3-8-15)18(23)20-11-13-5-4-6-14(13)12-20/h1-3,7-10,13-14H,4-6,11-12H2. The molecule has 0 radical (unpaired) electrons. The Bertz CT molecular complexity index is 772. The monoisotopic (exact) mass is 309 g/mol. The number of likely N-dealkylation sites (tertiary alicyclic amines) is 1. The Balaban J connectivity index is 1.62. The molecule has 0 spiro atoms. The fourth-order valence-electron chi connectivity index (χ4n) is 3.84. The highest BCUT2D eigenvalue weighted by molar-refractivity contribution is 5.92. The van der Waals surface area contributed by atoms with Crippen LogP contribution in [0.1, 0.15) is 29.8 Å². The van der Waals surface area contributed by atoms with Crippen molar-refractivity contribution in [3.63, 3.8) is 0 Å². The van der Waals surface area contributed by atoms with Crippen LogP contribution in [0, 0.1) is 11.8 Å². The minimum atomic E-state index is -0.231. The minimum absolute atomic E-state index is 0.0657. The molecule has 1 saturated heterocycles.